The second-order valence-electron chi connectivity index (χ2n) is 6.71. The van der Waals surface area contributed by atoms with Crippen LogP contribution >= 0.6 is 0 Å². The summed E-state index contributed by atoms with van der Waals surface area (Å²) in [6.07, 6.45) is 1.93. The van der Waals surface area contributed by atoms with Gasteiger partial charge in [0.05, 0.1) is 11.4 Å². The van der Waals surface area contributed by atoms with E-state index in [2.05, 4.69) is 5.10 Å². The van der Waals surface area contributed by atoms with E-state index in [-0.39, 0.29) is 16.9 Å². The van der Waals surface area contributed by atoms with Gasteiger partial charge >= 0.3 is 0 Å². The van der Waals surface area contributed by atoms with Crippen molar-refractivity contribution in [1.29, 1.82) is 0 Å². The van der Waals surface area contributed by atoms with Gasteiger partial charge in [0, 0.05) is 39.8 Å². The van der Waals surface area contributed by atoms with E-state index in [1.807, 2.05) is 0 Å². The lowest BCUT2D eigenvalue weighted by Gasteiger charge is -2.24. The zero-order valence-electron chi connectivity index (χ0n) is 15.1. The molecule has 0 spiro atoms. The molecular weight excluding hydrogens is 344 g/mol. The summed E-state index contributed by atoms with van der Waals surface area (Å²) in [7, 11) is -1.87. The number of nitrogens with zero attached hydrogens (tertiary/aromatic N) is 4. The highest BCUT2D eigenvalue weighted by Gasteiger charge is 2.34. The fourth-order valence-corrected chi connectivity index (χ4v) is 5.46. The van der Waals surface area contributed by atoms with Crippen LogP contribution < -0.4 is 0 Å². The molecule has 3 rings (SSSR count). The molecule has 2 aliphatic heterocycles. The number of carbonyl (C=O) groups excluding carboxylic acids is 1. The van der Waals surface area contributed by atoms with E-state index in [0.29, 0.717) is 50.6 Å². The van der Waals surface area contributed by atoms with E-state index in [4.69, 9.17) is 4.74 Å². The molecule has 140 valence electrons. The van der Waals surface area contributed by atoms with E-state index in [1.165, 1.54) is 4.31 Å². The third-order valence-electron chi connectivity index (χ3n) is 5.01. The van der Waals surface area contributed by atoms with Crippen molar-refractivity contribution in [2.24, 2.45) is 7.05 Å². The summed E-state index contributed by atoms with van der Waals surface area (Å²) in [5, 5.41) is 4.22. The predicted molar refractivity (Wildman–Crippen MR) is 91.6 cm³/mol. The second-order valence-corrected chi connectivity index (χ2v) is 8.58. The number of aryl methyl sites for hydroxylation is 2. The molecule has 3 heterocycles. The Morgan fingerprint density at radius 3 is 2.52 bits per heavy atom. The zero-order chi connectivity index (χ0) is 18.2. The van der Waals surface area contributed by atoms with Crippen LogP contribution in [0.1, 0.15) is 30.7 Å². The molecule has 1 aromatic heterocycles. The van der Waals surface area contributed by atoms with Crippen LogP contribution in [0, 0.1) is 13.8 Å². The smallest absolute Gasteiger partial charge is 0.251 e. The van der Waals surface area contributed by atoms with Gasteiger partial charge in [0.25, 0.3) is 5.91 Å². The monoisotopic (exact) mass is 370 g/mol. The molecule has 2 fully saturated rings. The molecule has 0 radical (unpaired) electrons. The Kier molecular flexibility index (Phi) is 5.17. The lowest BCUT2D eigenvalue weighted by atomic mass is 10.2. The van der Waals surface area contributed by atoms with E-state index >= 15 is 0 Å². The Labute approximate surface area is 148 Å². The minimum absolute atomic E-state index is 0.00881. The molecule has 0 bridgehead atoms. The summed E-state index contributed by atoms with van der Waals surface area (Å²) in [5.41, 5.74) is 1.14. The van der Waals surface area contributed by atoms with Gasteiger partial charge in [-0.25, -0.2) is 8.42 Å². The maximum absolute atomic E-state index is 13.1. The number of aromatic nitrogens is 2. The first-order valence-corrected chi connectivity index (χ1v) is 10.2. The standard InChI is InChI=1S/C16H26N4O4S/c1-12-15(13(2)18(3)17-12)25(22,23)20-8-5-7-19(9-10-20)16(21)14-6-4-11-24-14/h14H,4-11H2,1-3H3. The summed E-state index contributed by atoms with van der Waals surface area (Å²) in [5.74, 6) is -0.00881. The molecule has 0 N–H and O–H groups in total. The van der Waals surface area contributed by atoms with Crippen molar-refractivity contribution in [3.63, 3.8) is 0 Å². The summed E-state index contributed by atoms with van der Waals surface area (Å²) < 4.78 is 34.7. The number of amides is 1. The van der Waals surface area contributed by atoms with Crippen LogP contribution in [0.25, 0.3) is 0 Å². The molecule has 8 nitrogen and oxygen atoms in total. The van der Waals surface area contributed by atoms with E-state index in [9.17, 15) is 13.2 Å². The SMILES string of the molecule is Cc1nn(C)c(C)c1S(=O)(=O)N1CCCN(C(=O)C2CCCO2)CC1. The maximum Gasteiger partial charge on any atom is 0.251 e. The fourth-order valence-electron chi connectivity index (χ4n) is 3.59. The van der Waals surface area contributed by atoms with Crippen molar-refractivity contribution in [2.75, 3.05) is 32.8 Å². The maximum atomic E-state index is 13.1. The van der Waals surface area contributed by atoms with Gasteiger partial charge in [-0.1, -0.05) is 0 Å². The molecule has 0 aliphatic carbocycles. The van der Waals surface area contributed by atoms with Crippen LogP contribution in [0.2, 0.25) is 0 Å². The highest BCUT2D eigenvalue weighted by atomic mass is 32.2. The molecule has 1 amide bonds. The van der Waals surface area contributed by atoms with Crippen LogP contribution in [0.15, 0.2) is 4.90 Å². The summed E-state index contributed by atoms with van der Waals surface area (Å²) >= 11 is 0. The normalized spacial score (nSPS) is 23.0. The Balaban J connectivity index is 1.75. The number of ether oxygens (including phenoxy) is 1. The van der Waals surface area contributed by atoms with Crippen LogP contribution in [0.5, 0.6) is 0 Å². The number of hydrogen-bond acceptors (Lipinski definition) is 5. The molecule has 1 unspecified atom stereocenters. The van der Waals surface area contributed by atoms with Gasteiger partial charge in [-0.05, 0) is 33.1 Å². The predicted octanol–water partition coefficient (Wildman–Crippen LogP) is 0.439. The Hall–Kier alpha value is -1.45. The minimum Gasteiger partial charge on any atom is -0.368 e. The third kappa shape index (κ3) is 3.45. The van der Waals surface area contributed by atoms with Crippen LogP contribution in [0.3, 0.4) is 0 Å². The van der Waals surface area contributed by atoms with Gasteiger partial charge in [0.15, 0.2) is 0 Å². The highest BCUT2D eigenvalue weighted by molar-refractivity contribution is 7.89. The quantitative estimate of drug-likeness (QED) is 0.771. The van der Waals surface area contributed by atoms with Crippen LogP contribution in [-0.4, -0.2) is 72.2 Å². The van der Waals surface area contributed by atoms with Crippen molar-refractivity contribution in [3.05, 3.63) is 11.4 Å². The first kappa shape index (κ1) is 18.3. The summed E-state index contributed by atoms with van der Waals surface area (Å²) in [4.78, 5) is 14.5. The van der Waals surface area contributed by atoms with Crippen LogP contribution in [0.4, 0.5) is 0 Å². The van der Waals surface area contributed by atoms with Crippen molar-refractivity contribution in [2.45, 2.75) is 44.1 Å². The molecule has 0 saturated carbocycles. The minimum atomic E-state index is -3.61. The Bertz CT molecular complexity index is 752. The molecule has 2 saturated heterocycles. The number of hydrogen-bond donors (Lipinski definition) is 0. The molecule has 1 atom stereocenters. The fraction of sp³-hybridized carbons (Fsp3) is 0.750. The largest absolute Gasteiger partial charge is 0.368 e. The molecule has 25 heavy (non-hydrogen) atoms. The van der Waals surface area contributed by atoms with Gasteiger partial charge in [-0.3, -0.25) is 9.48 Å². The molecule has 2 aliphatic rings. The molecular formula is C16H26N4O4S. The van der Waals surface area contributed by atoms with Crippen LogP contribution in [-0.2, 0) is 26.6 Å². The molecule has 1 aromatic rings. The van der Waals surface area contributed by atoms with Crippen molar-refractivity contribution in [1.82, 2.24) is 19.0 Å². The van der Waals surface area contributed by atoms with E-state index < -0.39 is 10.0 Å². The van der Waals surface area contributed by atoms with E-state index in [0.717, 1.165) is 12.8 Å². The van der Waals surface area contributed by atoms with Gasteiger partial charge in [-0.15, -0.1) is 0 Å². The van der Waals surface area contributed by atoms with Crippen molar-refractivity contribution in [3.8, 4) is 0 Å². The van der Waals surface area contributed by atoms with E-state index in [1.54, 1.807) is 30.5 Å². The summed E-state index contributed by atoms with van der Waals surface area (Å²) in [6, 6.07) is 0. The Morgan fingerprint density at radius 1 is 1.16 bits per heavy atom. The first-order valence-electron chi connectivity index (χ1n) is 8.73. The lowest BCUT2D eigenvalue weighted by molar-refractivity contribution is -0.140. The zero-order valence-corrected chi connectivity index (χ0v) is 15.9. The van der Waals surface area contributed by atoms with Crippen molar-refractivity contribution >= 4 is 15.9 Å². The lowest BCUT2D eigenvalue weighted by Crippen LogP contribution is -2.41. The number of rotatable bonds is 3. The van der Waals surface area contributed by atoms with Gasteiger partial charge in [0.2, 0.25) is 10.0 Å². The summed E-state index contributed by atoms with van der Waals surface area (Å²) in [6.45, 7) is 5.78. The third-order valence-corrected chi connectivity index (χ3v) is 7.16. The number of sulfonamides is 1. The van der Waals surface area contributed by atoms with Gasteiger partial charge < -0.3 is 9.64 Å². The number of carbonyl (C=O) groups is 1. The highest BCUT2D eigenvalue weighted by Crippen LogP contribution is 2.24. The second kappa shape index (κ2) is 7.05. The topological polar surface area (TPSA) is 84.7 Å². The first-order chi connectivity index (χ1) is 11.8. The molecule has 9 heteroatoms. The average Bonchev–Trinajstić information content (AvgIpc) is 3.08. The van der Waals surface area contributed by atoms with Gasteiger partial charge in [-0.2, -0.15) is 9.40 Å². The van der Waals surface area contributed by atoms with Crippen molar-refractivity contribution < 1.29 is 17.9 Å². The van der Waals surface area contributed by atoms with Gasteiger partial charge in [0.1, 0.15) is 11.0 Å². The Morgan fingerprint density at radius 2 is 1.92 bits per heavy atom. The average molecular weight is 370 g/mol. The molecule has 0 aromatic carbocycles.